The molecule has 0 aliphatic heterocycles. The third kappa shape index (κ3) is 5.96. The number of anilines is 2. The first-order valence-corrected chi connectivity index (χ1v) is 9.40. The Labute approximate surface area is 166 Å². The summed E-state index contributed by atoms with van der Waals surface area (Å²) in [6.45, 7) is 8.65. The average Bonchev–Trinajstić information content (AvgIpc) is 2.67. The van der Waals surface area contributed by atoms with Gasteiger partial charge in [-0.15, -0.1) is 0 Å². The number of nitrogens with one attached hydrogen (secondary N) is 2. The highest BCUT2D eigenvalue weighted by Crippen LogP contribution is 2.18. The summed E-state index contributed by atoms with van der Waals surface area (Å²) in [5.41, 5.74) is 4.74. The number of rotatable bonds is 7. The highest BCUT2D eigenvalue weighted by Gasteiger charge is 2.09. The Balaban J connectivity index is 1.90. The van der Waals surface area contributed by atoms with E-state index in [1.165, 1.54) is 18.4 Å². The molecule has 0 aromatic heterocycles. The van der Waals surface area contributed by atoms with Crippen molar-refractivity contribution in [3.63, 3.8) is 0 Å². The number of nitrogens with zero attached hydrogens (tertiary/aromatic N) is 1. The van der Waals surface area contributed by atoms with E-state index in [4.69, 9.17) is 17.0 Å². The van der Waals surface area contributed by atoms with Gasteiger partial charge < -0.3 is 20.3 Å². The number of esters is 1. The number of hydrogen-bond donors (Lipinski definition) is 2. The molecule has 0 radical (unpaired) electrons. The molecule has 5 nitrogen and oxygen atoms in total. The van der Waals surface area contributed by atoms with Crippen LogP contribution in [-0.2, 0) is 4.74 Å². The van der Waals surface area contributed by atoms with Gasteiger partial charge in [-0.25, -0.2) is 4.79 Å². The number of carbonyl (C=O) groups excluding carboxylic acids is 1. The highest BCUT2D eigenvalue weighted by molar-refractivity contribution is 7.80. The molecule has 0 spiro atoms. The molecule has 0 unspecified atom stereocenters. The van der Waals surface area contributed by atoms with Gasteiger partial charge in [-0.1, -0.05) is 23.8 Å². The van der Waals surface area contributed by atoms with E-state index in [9.17, 15) is 4.79 Å². The molecule has 0 amide bonds. The maximum atomic E-state index is 11.7. The predicted octanol–water partition coefficient (Wildman–Crippen LogP) is 3.90. The molecular formula is C21H27N3O2S. The fraction of sp³-hybridized carbons (Fsp3) is 0.333. The predicted molar refractivity (Wildman–Crippen MR) is 116 cm³/mol. The van der Waals surface area contributed by atoms with Crippen LogP contribution >= 0.6 is 12.2 Å². The molecule has 27 heavy (non-hydrogen) atoms. The van der Waals surface area contributed by atoms with Crippen LogP contribution in [0.15, 0.2) is 42.5 Å². The summed E-state index contributed by atoms with van der Waals surface area (Å²) in [6.07, 6.45) is 0. The van der Waals surface area contributed by atoms with Gasteiger partial charge in [0, 0.05) is 31.0 Å². The van der Waals surface area contributed by atoms with Crippen LogP contribution in [0, 0.1) is 13.8 Å². The molecule has 2 rings (SSSR count). The van der Waals surface area contributed by atoms with Crippen molar-refractivity contribution in [1.82, 2.24) is 5.32 Å². The van der Waals surface area contributed by atoms with Crippen molar-refractivity contribution in [3.05, 3.63) is 59.2 Å². The van der Waals surface area contributed by atoms with Gasteiger partial charge in [-0.2, -0.15) is 0 Å². The summed E-state index contributed by atoms with van der Waals surface area (Å²) in [5, 5.41) is 6.92. The summed E-state index contributed by atoms with van der Waals surface area (Å²) in [6, 6.07) is 13.9. The van der Waals surface area contributed by atoms with Crippen molar-refractivity contribution in [2.45, 2.75) is 20.8 Å². The van der Waals surface area contributed by atoms with Crippen LogP contribution in [0.2, 0.25) is 0 Å². The monoisotopic (exact) mass is 385 g/mol. The SMILES string of the molecule is CCN(CCNC(=S)Nc1cc(C(=O)OC)ccc1C)c1ccc(C)cc1. The molecular weight excluding hydrogens is 358 g/mol. The second-order valence-corrected chi connectivity index (χ2v) is 6.73. The molecule has 2 aromatic carbocycles. The van der Waals surface area contributed by atoms with E-state index in [2.05, 4.69) is 53.6 Å². The summed E-state index contributed by atoms with van der Waals surface area (Å²) in [4.78, 5) is 14.0. The molecule has 0 saturated heterocycles. The van der Waals surface area contributed by atoms with Crippen LogP contribution in [-0.4, -0.2) is 37.8 Å². The molecule has 0 heterocycles. The fourth-order valence-electron chi connectivity index (χ4n) is 2.70. The van der Waals surface area contributed by atoms with Crippen LogP contribution in [0.25, 0.3) is 0 Å². The minimum atomic E-state index is -0.367. The molecule has 6 heteroatoms. The Morgan fingerprint density at radius 2 is 1.85 bits per heavy atom. The van der Waals surface area contributed by atoms with E-state index in [-0.39, 0.29) is 5.97 Å². The number of hydrogen-bond acceptors (Lipinski definition) is 4. The van der Waals surface area contributed by atoms with Gasteiger partial charge in [0.05, 0.1) is 12.7 Å². The largest absolute Gasteiger partial charge is 0.465 e. The zero-order chi connectivity index (χ0) is 19.8. The third-order valence-corrected chi connectivity index (χ3v) is 4.60. The first-order valence-electron chi connectivity index (χ1n) is 9.00. The molecule has 0 bridgehead atoms. The fourth-order valence-corrected chi connectivity index (χ4v) is 2.91. The van der Waals surface area contributed by atoms with E-state index in [0.717, 1.165) is 24.3 Å². The van der Waals surface area contributed by atoms with Crippen LogP contribution in [0.5, 0.6) is 0 Å². The quantitative estimate of drug-likeness (QED) is 0.557. The number of thiocarbonyl (C=S) groups is 1. The van der Waals surface area contributed by atoms with Crippen molar-refractivity contribution in [3.8, 4) is 0 Å². The second-order valence-electron chi connectivity index (χ2n) is 6.32. The van der Waals surface area contributed by atoms with Crippen LogP contribution < -0.4 is 15.5 Å². The molecule has 0 aliphatic carbocycles. The van der Waals surface area contributed by atoms with Crippen LogP contribution in [0.4, 0.5) is 11.4 Å². The lowest BCUT2D eigenvalue weighted by molar-refractivity contribution is 0.0601. The molecule has 0 saturated carbocycles. The summed E-state index contributed by atoms with van der Waals surface area (Å²) in [7, 11) is 1.37. The number of aryl methyl sites for hydroxylation is 2. The molecule has 0 atom stereocenters. The van der Waals surface area contributed by atoms with Gasteiger partial charge in [0.15, 0.2) is 5.11 Å². The molecule has 2 aromatic rings. The van der Waals surface area contributed by atoms with Gasteiger partial charge in [0.2, 0.25) is 0 Å². The highest BCUT2D eigenvalue weighted by atomic mass is 32.1. The van der Waals surface area contributed by atoms with Gasteiger partial charge >= 0.3 is 5.97 Å². The standard InChI is InChI=1S/C21H27N3O2S/c1-5-24(18-10-6-15(2)7-11-18)13-12-22-21(27)23-19-14-17(20(25)26-4)9-8-16(19)3/h6-11,14H,5,12-13H2,1-4H3,(H2,22,23,27). The zero-order valence-corrected chi connectivity index (χ0v) is 17.2. The van der Waals surface area contributed by atoms with E-state index in [0.29, 0.717) is 17.2 Å². The Morgan fingerprint density at radius 1 is 1.15 bits per heavy atom. The molecule has 2 N–H and O–H groups in total. The van der Waals surface area contributed by atoms with Crippen LogP contribution in [0.1, 0.15) is 28.4 Å². The number of benzene rings is 2. The minimum absolute atomic E-state index is 0.367. The van der Waals surface area contributed by atoms with E-state index < -0.39 is 0 Å². The smallest absolute Gasteiger partial charge is 0.337 e. The molecule has 144 valence electrons. The van der Waals surface area contributed by atoms with Crippen molar-refractivity contribution in [2.24, 2.45) is 0 Å². The second kappa shape index (κ2) is 9.92. The Bertz CT molecular complexity index is 791. The van der Waals surface area contributed by atoms with Gasteiger partial charge in [-0.3, -0.25) is 0 Å². The minimum Gasteiger partial charge on any atom is -0.465 e. The normalized spacial score (nSPS) is 10.2. The maximum Gasteiger partial charge on any atom is 0.337 e. The van der Waals surface area contributed by atoms with Crippen molar-refractivity contribution in [2.75, 3.05) is 37.0 Å². The van der Waals surface area contributed by atoms with E-state index in [1.54, 1.807) is 12.1 Å². The first kappa shape index (κ1) is 20.7. The van der Waals surface area contributed by atoms with E-state index in [1.807, 2.05) is 13.0 Å². The average molecular weight is 386 g/mol. The van der Waals surface area contributed by atoms with Gasteiger partial charge in [-0.05, 0) is 62.8 Å². The Kier molecular flexibility index (Phi) is 7.61. The Morgan fingerprint density at radius 3 is 2.48 bits per heavy atom. The lowest BCUT2D eigenvalue weighted by Crippen LogP contribution is -2.37. The molecule has 0 fully saturated rings. The lowest BCUT2D eigenvalue weighted by Gasteiger charge is -2.24. The summed E-state index contributed by atoms with van der Waals surface area (Å²) >= 11 is 5.40. The van der Waals surface area contributed by atoms with Gasteiger partial charge in [0.25, 0.3) is 0 Å². The van der Waals surface area contributed by atoms with Crippen molar-refractivity contribution >= 4 is 34.7 Å². The zero-order valence-electron chi connectivity index (χ0n) is 16.3. The van der Waals surface area contributed by atoms with Crippen molar-refractivity contribution in [1.29, 1.82) is 0 Å². The third-order valence-electron chi connectivity index (χ3n) is 4.35. The number of likely N-dealkylation sites (N-methyl/N-ethyl adjacent to an activating group) is 1. The maximum absolute atomic E-state index is 11.7. The Hall–Kier alpha value is -2.60. The van der Waals surface area contributed by atoms with Crippen LogP contribution in [0.3, 0.4) is 0 Å². The topological polar surface area (TPSA) is 53.6 Å². The lowest BCUT2D eigenvalue weighted by atomic mass is 10.1. The van der Waals surface area contributed by atoms with Crippen molar-refractivity contribution < 1.29 is 9.53 Å². The number of methoxy groups -OCH3 is 1. The van der Waals surface area contributed by atoms with E-state index >= 15 is 0 Å². The summed E-state index contributed by atoms with van der Waals surface area (Å²) in [5.74, 6) is -0.367. The van der Waals surface area contributed by atoms with Gasteiger partial charge in [0.1, 0.15) is 0 Å². The summed E-state index contributed by atoms with van der Waals surface area (Å²) < 4.78 is 4.77. The number of carbonyl (C=O) groups is 1. The molecule has 0 aliphatic rings. The first-order chi connectivity index (χ1) is 12.9. The number of ether oxygens (including phenoxy) is 1.